The first-order valence-electron chi connectivity index (χ1n) is 7.91. The van der Waals surface area contributed by atoms with Crippen LogP contribution in [-0.4, -0.2) is 29.7 Å². The Labute approximate surface area is 181 Å². The van der Waals surface area contributed by atoms with Gasteiger partial charge in [-0.25, -0.2) is 4.68 Å². The molecule has 0 aliphatic rings. The fraction of sp³-hybridized carbons (Fsp3) is 0.333. The molecule has 1 aromatic carbocycles. The van der Waals surface area contributed by atoms with Crippen molar-refractivity contribution >= 4 is 44.7 Å². The molecular weight excluding hydrogens is 499 g/mol. The van der Waals surface area contributed by atoms with Crippen molar-refractivity contribution in [2.75, 3.05) is 10.0 Å². The van der Waals surface area contributed by atoms with Crippen LogP contribution in [0.5, 0.6) is 0 Å². The minimum atomic E-state index is -6.03. The summed E-state index contributed by atoms with van der Waals surface area (Å²) in [7, 11) is -6.03. The lowest BCUT2D eigenvalue weighted by Gasteiger charge is -2.28. The standard InChI is InChI=1S/C15H11Cl2F6N5O2S/c1-6(2)28(31(29,30)15(21,22)23)12-10(5-24)26-27(13(12)25)11-8(16)3-7(4-9(11)17)14(18,19)20/h3-4,6H,25H2,1-2H3. The van der Waals surface area contributed by atoms with Crippen LogP contribution in [0, 0.1) is 11.3 Å². The fourth-order valence-electron chi connectivity index (χ4n) is 2.58. The number of benzene rings is 1. The lowest BCUT2D eigenvalue weighted by molar-refractivity contribution is -0.137. The summed E-state index contributed by atoms with van der Waals surface area (Å²) in [5.41, 5.74) is -3.47. The van der Waals surface area contributed by atoms with E-state index in [4.69, 9.17) is 28.9 Å². The molecule has 0 saturated carbocycles. The predicted octanol–water partition coefficient (Wildman–Crippen LogP) is 4.72. The molecule has 7 nitrogen and oxygen atoms in total. The van der Waals surface area contributed by atoms with Gasteiger partial charge in [0.05, 0.1) is 15.6 Å². The van der Waals surface area contributed by atoms with E-state index in [9.17, 15) is 40.0 Å². The van der Waals surface area contributed by atoms with E-state index in [-0.39, 0.29) is 4.31 Å². The van der Waals surface area contributed by atoms with Gasteiger partial charge in [-0.3, -0.25) is 4.31 Å². The first kappa shape index (κ1) is 24.9. The van der Waals surface area contributed by atoms with E-state index >= 15 is 0 Å². The topological polar surface area (TPSA) is 105 Å². The third kappa shape index (κ3) is 4.35. The van der Waals surface area contributed by atoms with Gasteiger partial charge >= 0.3 is 21.7 Å². The van der Waals surface area contributed by atoms with Gasteiger partial charge in [0, 0.05) is 6.04 Å². The van der Waals surface area contributed by atoms with Gasteiger partial charge in [-0.05, 0) is 26.0 Å². The molecule has 0 amide bonds. The molecule has 2 aromatic rings. The number of rotatable bonds is 4. The molecule has 2 rings (SSSR count). The summed E-state index contributed by atoms with van der Waals surface area (Å²) in [5.74, 6) is -0.818. The SMILES string of the molecule is CC(C)N(c1c(C#N)nn(-c2c(Cl)cc(C(F)(F)F)cc2Cl)c1N)S(=O)(=O)C(F)(F)F. The van der Waals surface area contributed by atoms with Crippen LogP contribution in [0.3, 0.4) is 0 Å². The Morgan fingerprint density at radius 3 is 2.00 bits per heavy atom. The van der Waals surface area contributed by atoms with Gasteiger partial charge < -0.3 is 5.73 Å². The summed E-state index contributed by atoms with van der Waals surface area (Å²) in [5, 5.41) is 11.6. The number of hydrogen-bond donors (Lipinski definition) is 1. The smallest absolute Gasteiger partial charge is 0.382 e. The molecule has 1 aromatic heterocycles. The summed E-state index contributed by atoms with van der Waals surface area (Å²) in [6.45, 7) is 2.17. The number of halogens is 8. The first-order chi connectivity index (χ1) is 13.9. The second kappa shape index (κ2) is 7.95. The van der Waals surface area contributed by atoms with Crippen molar-refractivity contribution in [3.05, 3.63) is 33.4 Å². The van der Waals surface area contributed by atoms with E-state index in [2.05, 4.69) is 5.10 Å². The van der Waals surface area contributed by atoms with Gasteiger partial charge in [-0.2, -0.15) is 45.1 Å². The highest BCUT2D eigenvalue weighted by Crippen LogP contribution is 2.42. The molecule has 0 radical (unpaired) electrons. The maximum Gasteiger partial charge on any atom is 0.516 e. The van der Waals surface area contributed by atoms with Crippen LogP contribution in [-0.2, 0) is 16.2 Å². The van der Waals surface area contributed by atoms with Crippen LogP contribution in [0.15, 0.2) is 12.1 Å². The number of aromatic nitrogens is 2. The zero-order chi connectivity index (χ0) is 24.1. The van der Waals surface area contributed by atoms with E-state index in [1.54, 1.807) is 0 Å². The number of nitrogens with two attached hydrogens (primary N) is 1. The van der Waals surface area contributed by atoms with Crippen LogP contribution in [0.2, 0.25) is 10.0 Å². The summed E-state index contributed by atoms with van der Waals surface area (Å²) >= 11 is 11.7. The molecule has 0 saturated heterocycles. The molecule has 0 fully saturated rings. The normalized spacial score (nSPS) is 12.8. The molecular formula is C15H11Cl2F6N5O2S. The van der Waals surface area contributed by atoms with Gasteiger partial charge in [0.15, 0.2) is 11.5 Å². The molecule has 16 heteroatoms. The molecule has 0 bridgehead atoms. The molecule has 0 spiro atoms. The second-order valence-electron chi connectivity index (χ2n) is 6.23. The quantitative estimate of drug-likeness (QED) is 0.600. The van der Waals surface area contributed by atoms with E-state index in [1.807, 2.05) is 0 Å². The summed E-state index contributed by atoms with van der Waals surface area (Å²) in [6, 6.07) is 0.952. The maximum atomic E-state index is 13.2. The third-order valence-electron chi connectivity index (χ3n) is 3.80. The van der Waals surface area contributed by atoms with Crippen molar-refractivity contribution in [1.82, 2.24) is 9.78 Å². The lowest BCUT2D eigenvalue weighted by atomic mass is 10.2. The lowest BCUT2D eigenvalue weighted by Crippen LogP contribution is -2.45. The van der Waals surface area contributed by atoms with Crippen molar-refractivity contribution in [1.29, 1.82) is 5.26 Å². The molecule has 170 valence electrons. The number of sulfonamides is 1. The molecule has 0 atom stereocenters. The predicted molar refractivity (Wildman–Crippen MR) is 100 cm³/mol. The minimum absolute atomic E-state index is 0.156. The Hall–Kier alpha value is -2.37. The van der Waals surface area contributed by atoms with E-state index in [0.29, 0.717) is 16.8 Å². The van der Waals surface area contributed by atoms with Crippen molar-refractivity contribution < 1.29 is 34.8 Å². The van der Waals surface area contributed by atoms with E-state index in [0.717, 1.165) is 13.8 Å². The van der Waals surface area contributed by atoms with E-state index in [1.165, 1.54) is 6.07 Å². The van der Waals surface area contributed by atoms with Crippen molar-refractivity contribution in [2.45, 2.75) is 31.6 Å². The average molecular weight is 510 g/mol. The Morgan fingerprint density at radius 1 is 1.16 bits per heavy atom. The number of alkyl halides is 6. The number of nitrogens with zero attached hydrogens (tertiary/aromatic N) is 4. The largest absolute Gasteiger partial charge is 0.516 e. The molecule has 0 aliphatic heterocycles. The van der Waals surface area contributed by atoms with Crippen LogP contribution in [0.25, 0.3) is 5.69 Å². The van der Waals surface area contributed by atoms with Crippen molar-refractivity contribution in [3.8, 4) is 11.8 Å². The van der Waals surface area contributed by atoms with Crippen LogP contribution < -0.4 is 10.0 Å². The number of nitrogen functional groups attached to an aromatic ring is 1. The Morgan fingerprint density at radius 2 is 1.65 bits per heavy atom. The van der Waals surface area contributed by atoms with Gasteiger partial charge in [-0.15, -0.1) is 0 Å². The van der Waals surface area contributed by atoms with Crippen LogP contribution >= 0.6 is 23.2 Å². The zero-order valence-electron chi connectivity index (χ0n) is 15.3. The molecule has 0 unspecified atom stereocenters. The van der Waals surface area contributed by atoms with Gasteiger partial charge in [-0.1, -0.05) is 23.2 Å². The molecule has 31 heavy (non-hydrogen) atoms. The second-order valence-corrected chi connectivity index (χ2v) is 8.85. The highest BCUT2D eigenvalue weighted by Gasteiger charge is 2.52. The highest BCUT2D eigenvalue weighted by atomic mass is 35.5. The number of anilines is 2. The van der Waals surface area contributed by atoms with Gasteiger partial charge in [0.25, 0.3) is 0 Å². The fourth-order valence-corrected chi connectivity index (χ4v) is 4.43. The van der Waals surface area contributed by atoms with Crippen molar-refractivity contribution in [2.24, 2.45) is 0 Å². The molecule has 2 N–H and O–H groups in total. The first-order valence-corrected chi connectivity index (χ1v) is 10.1. The monoisotopic (exact) mass is 509 g/mol. The average Bonchev–Trinajstić information content (AvgIpc) is 2.89. The number of nitriles is 1. The maximum absolute atomic E-state index is 13.2. The number of hydrogen-bond acceptors (Lipinski definition) is 5. The highest BCUT2D eigenvalue weighted by molar-refractivity contribution is 7.93. The zero-order valence-corrected chi connectivity index (χ0v) is 17.7. The third-order valence-corrected chi connectivity index (χ3v) is 6.08. The Bertz CT molecular complexity index is 1150. The van der Waals surface area contributed by atoms with Gasteiger partial charge in [0.1, 0.15) is 17.4 Å². The van der Waals surface area contributed by atoms with Crippen LogP contribution in [0.4, 0.5) is 37.8 Å². The van der Waals surface area contributed by atoms with Crippen molar-refractivity contribution in [3.63, 3.8) is 0 Å². The van der Waals surface area contributed by atoms with E-state index < -0.39 is 66.2 Å². The van der Waals surface area contributed by atoms with Crippen LogP contribution in [0.1, 0.15) is 25.1 Å². The molecule has 0 aliphatic carbocycles. The Balaban J connectivity index is 2.86. The Kier molecular flexibility index (Phi) is 6.39. The minimum Gasteiger partial charge on any atom is -0.382 e. The molecule has 1 heterocycles. The summed E-state index contributed by atoms with van der Waals surface area (Å²) in [4.78, 5) is 0. The van der Waals surface area contributed by atoms with Gasteiger partial charge in [0.2, 0.25) is 0 Å². The summed E-state index contributed by atoms with van der Waals surface area (Å²) in [6.07, 6.45) is -4.82. The summed E-state index contributed by atoms with van der Waals surface area (Å²) < 4.78 is 103.